The molecule has 1 heterocycles. The molecule has 1 aromatic carbocycles. The van der Waals surface area contributed by atoms with Gasteiger partial charge in [0.05, 0.1) is 19.7 Å². The normalized spacial score (nSPS) is 11.5. The lowest BCUT2D eigenvalue weighted by Gasteiger charge is -2.16. The van der Waals surface area contributed by atoms with E-state index in [4.69, 9.17) is 4.74 Å². The number of nitrogens with zero attached hydrogens (tertiary/aromatic N) is 2. The van der Waals surface area contributed by atoms with E-state index in [0.29, 0.717) is 6.61 Å². The number of benzene rings is 1. The molecule has 0 radical (unpaired) electrons. The van der Waals surface area contributed by atoms with E-state index in [9.17, 15) is 14.7 Å². The van der Waals surface area contributed by atoms with Crippen molar-refractivity contribution in [2.75, 3.05) is 6.61 Å². The zero-order valence-corrected chi connectivity index (χ0v) is 14.6. The predicted molar refractivity (Wildman–Crippen MR) is 91.5 cm³/mol. The third kappa shape index (κ3) is 3.69. The van der Waals surface area contributed by atoms with Crippen LogP contribution in [0, 0.1) is 5.41 Å². The number of aromatic hydroxyl groups is 1. The summed E-state index contributed by atoms with van der Waals surface area (Å²) in [5.41, 5.74) is -0.156. The van der Waals surface area contributed by atoms with Crippen LogP contribution < -0.4 is 10.4 Å². The van der Waals surface area contributed by atoms with Crippen LogP contribution in [0.5, 0.6) is 11.8 Å². The average molecular weight is 332 g/mol. The molecule has 0 aliphatic heterocycles. The van der Waals surface area contributed by atoms with Gasteiger partial charge in [-0.25, -0.2) is 4.79 Å². The highest BCUT2D eigenvalue weighted by Crippen LogP contribution is 2.27. The molecule has 0 spiro atoms. The number of ketones is 1. The molecule has 130 valence electrons. The molecule has 0 atom stereocenters. The van der Waals surface area contributed by atoms with E-state index in [2.05, 4.69) is 0 Å². The maximum absolute atomic E-state index is 12.7. The molecule has 24 heavy (non-hydrogen) atoms. The zero-order chi connectivity index (χ0) is 17.9. The number of aromatic nitrogens is 2. The van der Waals surface area contributed by atoms with Crippen molar-refractivity contribution in [1.29, 1.82) is 0 Å². The molecule has 0 unspecified atom stereocenters. The van der Waals surface area contributed by atoms with Crippen molar-refractivity contribution in [2.24, 2.45) is 5.41 Å². The van der Waals surface area contributed by atoms with Gasteiger partial charge < -0.3 is 9.84 Å². The SMILES string of the molecule is CCOc1c(O)n(CC(=O)C(C)(C)C)c(=O)n1Cc1ccccc1. The molecule has 6 nitrogen and oxygen atoms in total. The van der Waals surface area contributed by atoms with E-state index in [0.717, 1.165) is 10.1 Å². The van der Waals surface area contributed by atoms with Gasteiger partial charge in [-0.3, -0.25) is 13.9 Å². The van der Waals surface area contributed by atoms with Crippen LogP contribution in [0.3, 0.4) is 0 Å². The standard InChI is InChI=1S/C18H24N2O4/c1-5-24-16-15(22)19(12-14(21)18(2,3)4)17(23)20(16)11-13-9-7-6-8-10-13/h6-10,22H,5,11-12H2,1-4H3. The molecule has 1 N–H and O–H groups in total. The van der Waals surface area contributed by atoms with Crippen molar-refractivity contribution in [2.45, 2.75) is 40.8 Å². The van der Waals surface area contributed by atoms with Crippen LogP contribution in [-0.4, -0.2) is 26.6 Å². The maximum Gasteiger partial charge on any atom is 0.334 e. The first-order valence-corrected chi connectivity index (χ1v) is 7.98. The number of carbonyl (C=O) groups is 1. The number of Topliss-reactive ketones (excluding diaryl/α,β-unsaturated/α-hetero) is 1. The lowest BCUT2D eigenvalue weighted by molar-refractivity contribution is -0.127. The minimum absolute atomic E-state index is 0.0908. The highest BCUT2D eigenvalue weighted by Gasteiger charge is 2.27. The Kier molecular flexibility index (Phi) is 5.17. The Morgan fingerprint density at radius 1 is 1.17 bits per heavy atom. The molecule has 1 aromatic heterocycles. The topological polar surface area (TPSA) is 73.5 Å². The summed E-state index contributed by atoms with van der Waals surface area (Å²) in [7, 11) is 0. The Bertz CT molecular complexity index is 767. The fraction of sp³-hybridized carbons (Fsp3) is 0.444. The van der Waals surface area contributed by atoms with E-state index in [1.54, 1.807) is 27.7 Å². The summed E-state index contributed by atoms with van der Waals surface area (Å²) in [6.07, 6.45) is 0. The van der Waals surface area contributed by atoms with Gasteiger partial charge in [-0.05, 0) is 12.5 Å². The highest BCUT2D eigenvalue weighted by molar-refractivity contribution is 5.83. The van der Waals surface area contributed by atoms with Crippen LogP contribution in [0.4, 0.5) is 0 Å². The Labute approximate surface area is 141 Å². The lowest BCUT2D eigenvalue weighted by Crippen LogP contribution is -2.32. The Balaban J connectivity index is 2.45. The molecule has 2 rings (SSSR count). The number of ether oxygens (including phenoxy) is 1. The number of imidazole rings is 1. The van der Waals surface area contributed by atoms with Gasteiger partial charge in [-0.15, -0.1) is 0 Å². The fourth-order valence-corrected chi connectivity index (χ4v) is 2.27. The molecular weight excluding hydrogens is 308 g/mol. The molecule has 0 amide bonds. The number of rotatable bonds is 6. The van der Waals surface area contributed by atoms with Crippen molar-refractivity contribution in [3.05, 3.63) is 46.4 Å². The van der Waals surface area contributed by atoms with Crippen molar-refractivity contribution < 1.29 is 14.6 Å². The summed E-state index contributed by atoms with van der Waals surface area (Å²) in [6, 6.07) is 9.41. The summed E-state index contributed by atoms with van der Waals surface area (Å²) in [4.78, 5) is 24.9. The van der Waals surface area contributed by atoms with Crippen LogP contribution in [0.25, 0.3) is 0 Å². The third-order valence-corrected chi connectivity index (χ3v) is 3.76. The predicted octanol–water partition coefficient (Wildman–Crippen LogP) is 2.42. The van der Waals surface area contributed by atoms with Crippen molar-refractivity contribution in [1.82, 2.24) is 9.13 Å². The van der Waals surface area contributed by atoms with Crippen molar-refractivity contribution >= 4 is 5.78 Å². The van der Waals surface area contributed by atoms with Crippen molar-refractivity contribution in [3.63, 3.8) is 0 Å². The van der Waals surface area contributed by atoms with Crippen LogP contribution in [0.15, 0.2) is 35.1 Å². The Morgan fingerprint density at radius 2 is 1.79 bits per heavy atom. The molecule has 2 aromatic rings. The molecule has 6 heteroatoms. The smallest absolute Gasteiger partial charge is 0.334 e. The second kappa shape index (κ2) is 6.95. The van der Waals surface area contributed by atoms with E-state index in [1.165, 1.54) is 4.57 Å². The molecule has 0 saturated carbocycles. The quantitative estimate of drug-likeness (QED) is 0.882. The van der Waals surface area contributed by atoms with Gasteiger partial charge in [0, 0.05) is 5.41 Å². The van der Waals surface area contributed by atoms with E-state index < -0.39 is 11.1 Å². The first-order valence-electron chi connectivity index (χ1n) is 7.98. The van der Waals surface area contributed by atoms with Crippen LogP contribution >= 0.6 is 0 Å². The molecule has 0 saturated heterocycles. The first kappa shape index (κ1) is 17.8. The Morgan fingerprint density at radius 3 is 2.33 bits per heavy atom. The summed E-state index contributed by atoms with van der Waals surface area (Å²) in [6.45, 7) is 7.49. The van der Waals surface area contributed by atoms with Gasteiger partial charge in [-0.1, -0.05) is 51.1 Å². The van der Waals surface area contributed by atoms with Gasteiger partial charge in [0.1, 0.15) is 0 Å². The zero-order valence-electron chi connectivity index (χ0n) is 14.6. The summed E-state index contributed by atoms with van der Waals surface area (Å²) in [5.74, 6) is -0.358. The first-order chi connectivity index (χ1) is 11.3. The fourth-order valence-electron chi connectivity index (χ4n) is 2.27. The van der Waals surface area contributed by atoms with Crippen LogP contribution in [0.2, 0.25) is 0 Å². The van der Waals surface area contributed by atoms with E-state index in [1.807, 2.05) is 30.3 Å². The summed E-state index contributed by atoms with van der Waals surface area (Å²) < 4.78 is 7.87. The number of carbonyl (C=O) groups excluding carboxylic acids is 1. The van der Waals surface area contributed by atoms with Gasteiger partial charge >= 0.3 is 5.69 Å². The second-order valence-electron chi connectivity index (χ2n) is 6.68. The minimum Gasteiger partial charge on any atom is -0.491 e. The third-order valence-electron chi connectivity index (χ3n) is 3.76. The largest absolute Gasteiger partial charge is 0.491 e. The van der Waals surface area contributed by atoms with E-state index >= 15 is 0 Å². The number of hydrogen-bond donors (Lipinski definition) is 1. The minimum atomic E-state index is -0.598. The molecule has 0 fully saturated rings. The second-order valence-corrected chi connectivity index (χ2v) is 6.68. The lowest BCUT2D eigenvalue weighted by atomic mass is 9.91. The van der Waals surface area contributed by atoms with Crippen LogP contribution in [-0.2, 0) is 17.9 Å². The summed E-state index contributed by atoms with van der Waals surface area (Å²) >= 11 is 0. The van der Waals surface area contributed by atoms with Crippen molar-refractivity contribution in [3.8, 4) is 11.8 Å². The highest BCUT2D eigenvalue weighted by atomic mass is 16.5. The molecule has 0 bridgehead atoms. The maximum atomic E-state index is 12.7. The van der Waals surface area contributed by atoms with Gasteiger partial charge in [0.2, 0.25) is 0 Å². The van der Waals surface area contributed by atoms with Gasteiger partial charge in [0.25, 0.3) is 11.8 Å². The molecule has 0 aliphatic rings. The summed E-state index contributed by atoms with van der Waals surface area (Å²) in [5, 5.41) is 10.4. The average Bonchev–Trinajstić information content (AvgIpc) is 2.73. The number of hydrogen-bond acceptors (Lipinski definition) is 4. The molecule has 0 aliphatic carbocycles. The monoisotopic (exact) mass is 332 g/mol. The van der Waals surface area contributed by atoms with E-state index in [-0.39, 0.29) is 30.6 Å². The molecular formula is C18H24N2O4. The van der Waals surface area contributed by atoms with Gasteiger partial charge in [0.15, 0.2) is 5.78 Å². The Hall–Kier alpha value is -2.50. The van der Waals surface area contributed by atoms with Crippen LogP contribution in [0.1, 0.15) is 33.3 Å². The van der Waals surface area contributed by atoms with Gasteiger partial charge in [-0.2, -0.15) is 0 Å².